The van der Waals surface area contributed by atoms with Gasteiger partial charge in [-0.15, -0.1) is 12.4 Å². The van der Waals surface area contributed by atoms with Gasteiger partial charge in [0.25, 0.3) is 0 Å². The standard InChI is InChI=1S/C13H18F2N2O.ClH/c14-5-4-12(17-8-6-16-7-9-17)10-2-1-3-11(15)13(10)18;/h1-3,12,16,18H,4-9H2;1H/t12-;/m1./s1. The van der Waals surface area contributed by atoms with Crippen LogP contribution in [0.1, 0.15) is 18.0 Å². The van der Waals surface area contributed by atoms with Crippen molar-refractivity contribution in [2.75, 3.05) is 32.9 Å². The van der Waals surface area contributed by atoms with Crippen molar-refractivity contribution in [2.45, 2.75) is 12.5 Å². The molecule has 1 aromatic carbocycles. The van der Waals surface area contributed by atoms with Crippen molar-refractivity contribution in [3.63, 3.8) is 0 Å². The van der Waals surface area contributed by atoms with Gasteiger partial charge in [-0.25, -0.2) is 4.39 Å². The first-order chi connectivity index (χ1) is 8.74. The summed E-state index contributed by atoms with van der Waals surface area (Å²) in [6.45, 7) is 2.74. The maximum absolute atomic E-state index is 13.4. The third kappa shape index (κ3) is 3.78. The lowest BCUT2D eigenvalue weighted by Crippen LogP contribution is -2.45. The number of nitrogens with one attached hydrogen (secondary N) is 1. The number of phenolic OH excluding ortho intramolecular Hbond substituents is 1. The average Bonchev–Trinajstić information content (AvgIpc) is 2.41. The number of halogens is 3. The molecule has 1 saturated heterocycles. The Balaban J connectivity index is 0.00000180. The van der Waals surface area contributed by atoms with E-state index in [0.29, 0.717) is 5.56 Å². The normalized spacial score (nSPS) is 17.8. The molecule has 0 saturated carbocycles. The highest BCUT2D eigenvalue weighted by molar-refractivity contribution is 5.85. The first kappa shape index (κ1) is 16.1. The first-order valence-corrected chi connectivity index (χ1v) is 6.22. The van der Waals surface area contributed by atoms with Gasteiger partial charge in [-0.3, -0.25) is 9.29 Å². The molecule has 0 bridgehead atoms. The van der Waals surface area contributed by atoms with E-state index in [2.05, 4.69) is 10.2 Å². The Hall–Kier alpha value is -0.910. The molecule has 3 nitrogen and oxygen atoms in total. The van der Waals surface area contributed by atoms with E-state index in [1.54, 1.807) is 12.1 Å². The van der Waals surface area contributed by atoms with E-state index >= 15 is 0 Å². The van der Waals surface area contributed by atoms with E-state index < -0.39 is 12.5 Å². The second kappa shape index (κ2) is 7.62. The maximum Gasteiger partial charge on any atom is 0.165 e. The fourth-order valence-electron chi connectivity index (χ4n) is 2.43. The predicted molar refractivity (Wildman–Crippen MR) is 73.1 cm³/mol. The lowest BCUT2D eigenvalue weighted by atomic mass is 10.0. The molecule has 108 valence electrons. The number of hydrogen-bond acceptors (Lipinski definition) is 3. The summed E-state index contributed by atoms with van der Waals surface area (Å²) in [6, 6.07) is 4.18. The van der Waals surface area contributed by atoms with Gasteiger partial charge in [-0.05, 0) is 12.5 Å². The molecule has 19 heavy (non-hydrogen) atoms. The van der Waals surface area contributed by atoms with Gasteiger partial charge in [0.2, 0.25) is 0 Å². The highest BCUT2D eigenvalue weighted by atomic mass is 35.5. The second-order valence-corrected chi connectivity index (χ2v) is 4.46. The number of piperazine rings is 1. The number of alkyl halides is 1. The van der Waals surface area contributed by atoms with E-state index in [9.17, 15) is 13.9 Å². The highest BCUT2D eigenvalue weighted by Crippen LogP contribution is 2.33. The largest absolute Gasteiger partial charge is 0.505 e. The van der Waals surface area contributed by atoms with Crippen LogP contribution in [0.3, 0.4) is 0 Å². The fraction of sp³-hybridized carbons (Fsp3) is 0.538. The Morgan fingerprint density at radius 1 is 1.32 bits per heavy atom. The van der Waals surface area contributed by atoms with Crippen molar-refractivity contribution >= 4 is 12.4 Å². The Morgan fingerprint density at radius 2 is 2.00 bits per heavy atom. The summed E-state index contributed by atoms with van der Waals surface area (Å²) in [5, 5.41) is 13.0. The van der Waals surface area contributed by atoms with Crippen LogP contribution in [0.4, 0.5) is 8.78 Å². The van der Waals surface area contributed by atoms with Crippen LogP contribution >= 0.6 is 12.4 Å². The summed E-state index contributed by atoms with van der Waals surface area (Å²) >= 11 is 0. The summed E-state index contributed by atoms with van der Waals surface area (Å²) in [6.07, 6.45) is 0.275. The molecule has 2 N–H and O–H groups in total. The third-order valence-electron chi connectivity index (χ3n) is 3.35. The van der Waals surface area contributed by atoms with Gasteiger partial charge in [0, 0.05) is 37.8 Å². The minimum atomic E-state index is -0.647. The summed E-state index contributed by atoms with van der Waals surface area (Å²) in [5.74, 6) is -0.999. The highest BCUT2D eigenvalue weighted by Gasteiger charge is 2.25. The molecule has 1 aliphatic heterocycles. The fourth-order valence-corrected chi connectivity index (χ4v) is 2.43. The first-order valence-electron chi connectivity index (χ1n) is 6.22. The monoisotopic (exact) mass is 292 g/mol. The molecule has 0 spiro atoms. The Labute approximate surface area is 118 Å². The number of aromatic hydroxyl groups is 1. The van der Waals surface area contributed by atoms with Gasteiger partial charge < -0.3 is 10.4 Å². The summed E-state index contributed by atoms with van der Waals surface area (Å²) in [5.41, 5.74) is 0.481. The zero-order valence-electron chi connectivity index (χ0n) is 10.6. The number of nitrogens with zero attached hydrogens (tertiary/aromatic N) is 1. The van der Waals surface area contributed by atoms with Crippen LogP contribution in [0.15, 0.2) is 18.2 Å². The minimum Gasteiger partial charge on any atom is -0.505 e. The van der Waals surface area contributed by atoms with E-state index in [1.165, 1.54) is 6.07 Å². The van der Waals surface area contributed by atoms with E-state index in [-0.39, 0.29) is 30.6 Å². The van der Waals surface area contributed by atoms with Crippen LogP contribution in [0.25, 0.3) is 0 Å². The lowest BCUT2D eigenvalue weighted by Gasteiger charge is -2.35. The van der Waals surface area contributed by atoms with Gasteiger partial charge >= 0.3 is 0 Å². The molecule has 6 heteroatoms. The van der Waals surface area contributed by atoms with Gasteiger partial charge in [-0.2, -0.15) is 0 Å². The van der Waals surface area contributed by atoms with Crippen LogP contribution in [0.5, 0.6) is 5.75 Å². The van der Waals surface area contributed by atoms with Gasteiger partial charge in [0.05, 0.1) is 6.67 Å². The SMILES string of the molecule is Cl.Oc1c(F)cccc1[C@@H](CCF)N1CCNCC1. The third-order valence-corrected chi connectivity index (χ3v) is 3.35. The van der Waals surface area contributed by atoms with Crippen molar-refractivity contribution < 1.29 is 13.9 Å². The molecule has 0 radical (unpaired) electrons. The average molecular weight is 293 g/mol. The molecule has 0 amide bonds. The molecule has 0 aromatic heterocycles. The smallest absolute Gasteiger partial charge is 0.165 e. The molecule has 1 aromatic rings. The van der Waals surface area contributed by atoms with E-state index in [4.69, 9.17) is 0 Å². The van der Waals surface area contributed by atoms with Crippen LogP contribution in [-0.2, 0) is 0 Å². The minimum absolute atomic E-state index is 0. The summed E-state index contributed by atoms with van der Waals surface area (Å²) in [4.78, 5) is 2.09. The van der Waals surface area contributed by atoms with E-state index in [1.807, 2.05) is 0 Å². The number of hydrogen-bond donors (Lipinski definition) is 2. The molecule has 0 aliphatic carbocycles. The zero-order valence-corrected chi connectivity index (χ0v) is 11.4. The van der Waals surface area contributed by atoms with Crippen molar-refractivity contribution in [3.8, 4) is 5.75 Å². The number of para-hydroxylation sites is 1. The molecular weight excluding hydrogens is 274 g/mol. The number of phenols is 1. The molecule has 1 aliphatic rings. The molecule has 1 heterocycles. The summed E-state index contributed by atoms with van der Waals surface area (Å²) < 4.78 is 26.1. The van der Waals surface area contributed by atoms with Crippen LogP contribution in [0.2, 0.25) is 0 Å². The van der Waals surface area contributed by atoms with Crippen molar-refractivity contribution in [1.29, 1.82) is 0 Å². The molecular formula is C13H19ClF2N2O. The molecule has 1 atom stereocenters. The lowest BCUT2D eigenvalue weighted by molar-refractivity contribution is 0.154. The topological polar surface area (TPSA) is 35.5 Å². The van der Waals surface area contributed by atoms with Crippen LogP contribution < -0.4 is 5.32 Å². The Bertz CT molecular complexity index is 400. The van der Waals surface area contributed by atoms with E-state index in [0.717, 1.165) is 26.2 Å². The van der Waals surface area contributed by atoms with Crippen molar-refractivity contribution in [1.82, 2.24) is 10.2 Å². The van der Waals surface area contributed by atoms with Crippen molar-refractivity contribution in [2.24, 2.45) is 0 Å². The summed E-state index contributed by atoms with van der Waals surface area (Å²) in [7, 11) is 0. The molecule has 2 rings (SSSR count). The van der Waals surface area contributed by atoms with Gasteiger partial charge in [0.15, 0.2) is 11.6 Å². The Kier molecular flexibility index (Phi) is 6.48. The second-order valence-electron chi connectivity index (χ2n) is 4.46. The maximum atomic E-state index is 13.4. The van der Waals surface area contributed by atoms with Gasteiger partial charge in [-0.1, -0.05) is 12.1 Å². The molecule has 1 fully saturated rings. The van der Waals surface area contributed by atoms with Crippen LogP contribution in [-0.4, -0.2) is 42.9 Å². The quantitative estimate of drug-likeness (QED) is 0.893. The number of rotatable bonds is 4. The van der Waals surface area contributed by atoms with Gasteiger partial charge in [0.1, 0.15) is 0 Å². The van der Waals surface area contributed by atoms with Crippen molar-refractivity contribution in [3.05, 3.63) is 29.6 Å². The predicted octanol–water partition coefficient (Wildman–Crippen LogP) is 2.26. The Morgan fingerprint density at radius 3 is 2.63 bits per heavy atom. The number of benzene rings is 1. The zero-order chi connectivity index (χ0) is 13.0. The molecule has 0 unspecified atom stereocenters. The van der Waals surface area contributed by atoms with Crippen LogP contribution in [0, 0.1) is 5.82 Å².